The minimum atomic E-state index is -0.542. The van der Waals surface area contributed by atoms with Crippen LogP contribution in [0.15, 0.2) is 94.4 Å². The van der Waals surface area contributed by atoms with E-state index in [9.17, 15) is 9.59 Å². The van der Waals surface area contributed by atoms with Gasteiger partial charge in [0.05, 0.1) is 11.4 Å². The predicted molar refractivity (Wildman–Crippen MR) is 126 cm³/mol. The number of anilines is 2. The standard InChI is InChI=1S/C23H18BrN3O2S/c24-16-11-13-19(14-12-16)27-21(28)15-20(22(27)29)30-23(25-17-7-3-1-4-8-17)26-18-9-5-2-6-10-18/h1-14,20H,15H2,(H,25,26)/t20-/m0/s1. The number of thioether (sulfide) groups is 1. The summed E-state index contributed by atoms with van der Waals surface area (Å²) < 4.78 is 0.889. The molecular formula is C23H18BrN3O2S. The Morgan fingerprint density at radius 1 is 0.933 bits per heavy atom. The van der Waals surface area contributed by atoms with E-state index < -0.39 is 5.25 Å². The van der Waals surface area contributed by atoms with Crippen LogP contribution in [0.25, 0.3) is 0 Å². The molecule has 0 aliphatic carbocycles. The van der Waals surface area contributed by atoms with Crippen LogP contribution in [0.1, 0.15) is 6.42 Å². The molecule has 1 saturated heterocycles. The van der Waals surface area contributed by atoms with Gasteiger partial charge in [-0.2, -0.15) is 0 Å². The largest absolute Gasteiger partial charge is 0.335 e. The monoisotopic (exact) mass is 479 g/mol. The molecule has 1 fully saturated rings. The van der Waals surface area contributed by atoms with Crippen LogP contribution in [-0.2, 0) is 9.59 Å². The van der Waals surface area contributed by atoms with Gasteiger partial charge in [0.1, 0.15) is 5.25 Å². The van der Waals surface area contributed by atoms with Crippen molar-refractivity contribution in [2.45, 2.75) is 11.7 Å². The number of aliphatic imine (C=N–C) groups is 1. The lowest BCUT2D eigenvalue weighted by Crippen LogP contribution is -2.31. The van der Waals surface area contributed by atoms with Gasteiger partial charge in [0.25, 0.3) is 0 Å². The average Bonchev–Trinajstić information content (AvgIpc) is 3.03. The van der Waals surface area contributed by atoms with E-state index in [2.05, 4.69) is 26.2 Å². The summed E-state index contributed by atoms with van der Waals surface area (Å²) in [6, 6.07) is 26.3. The summed E-state index contributed by atoms with van der Waals surface area (Å²) in [4.78, 5) is 31.6. The SMILES string of the molecule is O=C1C[C@H](SC(=Nc2ccccc2)Nc2ccccc2)C(=O)N1c1ccc(Br)cc1. The Hall–Kier alpha value is -2.90. The van der Waals surface area contributed by atoms with Crippen LogP contribution in [0.5, 0.6) is 0 Å². The Balaban J connectivity index is 1.58. The second-order valence-electron chi connectivity index (χ2n) is 6.60. The number of rotatable bonds is 4. The van der Waals surface area contributed by atoms with Crippen LogP contribution in [0.3, 0.4) is 0 Å². The molecule has 3 aromatic rings. The Morgan fingerprint density at radius 2 is 1.57 bits per heavy atom. The summed E-state index contributed by atoms with van der Waals surface area (Å²) in [5.74, 6) is -0.443. The minimum Gasteiger partial charge on any atom is -0.335 e. The highest BCUT2D eigenvalue weighted by atomic mass is 79.9. The first-order valence-electron chi connectivity index (χ1n) is 9.35. The number of halogens is 1. The Kier molecular flexibility index (Phi) is 6.30. The fourth-order valence-electron chi connectivity index (χ4n) is 3.04. The molecular weight excluding hydrogens is 462 g/mol. The molecule has 0 aromatic heterocycles. The number of nitrogens with one attached hydrogen (secondary N) is 1. The third kappa shape index (κ3) is 4.80. The lowest BCUT2D eigenvalue weighted by molar-refractivity contribution is -0.121. The summed E-state index contributed by atoms with van der Waals surface area (Å²) in [5, 5.41) is 3.30. The van der Waals surface area contributed by atoms with Crippen LogP contribution in [-0.4, -0.2) is 22.2 Å². The van der Waals surface area contributed by atoms with Crippen LogP contribution in [0, 0.1) is 0 Å². The van der Waals surface area contributed by atoms with Gasteiger partial charge in [-0.15, -0.1) is 0 Å². The Labute approximate surface area is 187 Å². The lowest BCUT2D eigenvalue weighted by Gasteiger charge is -2.16. The van der Waals surface area contributed by atoms with E-state index >= 15 is 0 Å². The first-order valence-corrected chi connectivity index (χ1v) is 11.0. The van der Waals surface area contributed by atoms with Crippen molar-refractivity contribution >= 4 is 61.7 Å². The number of amidine groups is 1. The smallest absolute Gasteiger partial charge is 0.247 e. The van der Waals surface area contributed by atoms with Gasteiger partial charge in [-0.05, 0) is 48.5 Å². The molecule has 0 radical (unpaired) electrons. The molecule has 2 amide bonds. The number of para-hydroxylation sites is 2. The highest BCUT2D eigenvalue weighted by Gasteiger charge is 2.40. The number of carbonyl (C=O) groups excluding carboxylic acids is 2. The van der Waals surface area contributed by atoms with Gasteiger partial charge >= 0.3 is 0 Å². The summed E-state index contributed by atoms with van der Waals surface area (Å²) in [6.07, 6.45) is 0.129. The Bertz CT molecular complexity index is 1070. The molecule has 4 rings (SSSR count). The summed E-state index contributed by atoms with van der Waals surface area (Å²) in [7, 11) is 0. The van der Waals surface area contributed by atoms with E-state index in [1.165, 1.54) is 16.7 Å². The number of benzene rings is 3. The predicted octanol–water partition coefficient (Wildman–Crippen LogP) is 5.61. The van der Waals surface area contributed by atoms with Gasteiger partial charge in [0.15, 0.2) is 5.17 Å². The van der Waals surface area contributed by atoms with Crippen molar-refractivity contribution < 1.29 is 9.59 Å². The van der Waals surface area contributed by atoms with E-state index in [4.69, 9.17) is 0 Å². The molecule has 1 atom stereocenters. The quantitative estimate of drug-likeness (QED) is 0.300. The van der Waals surface area contributed by atoms with Gasteiger partial charge in [-0.3, -0.25) is 9.59 Å². The summed E-state index contributed by atoms with van der Waals surface area (Å²) in [6.45, 7) is 0. The van der Waals surface area contributed by atoms with Crippen molar-refractivity contribution in [1.29, 1.82) is 0 Å². The van der Waals surface area contributed by atoms with Crippen molar-refractivity contribution in [2.24, 2.45) is 4.99 Å². The maximum atomic E-state index is 13.0. The van der Waals surface area contributed by atoms with Crippen LogP contribution >= 0.6 is 27.7 Å². The molecule has 1 N–H and O–H groups in total. The molecule has 3 aromatic carbocycles. The number of carbonyl (C=O) groups is 2. The molecule has 7 heteroatoms. The number of nitrogens with zero attached hydrogens (tertiary/aromatic N) is 2. The molecule has 0 unspecified atom stereocenters. The zero-order valence-corrected chi connectivity index (χ0v) is 18.3. The second-order valence-corrected chi connectivity index (χ2v) is 8.71. The third-order valence-electron chi connectivity index (χ3n) is 4.46. The molecule has 0 saturated carbocycles. The molecule has 5 nitrogen and oxygen atoms in total. The fourth-order valence-corrected chi connectivity index (χ4v) is 4.34. The van der Waals surface area contributed by atoms with E-state index in [-0.39, 0.29) is 18.2 Å². The van der Waals surface area contributed by atoms with Crippen molar-refractivity contribution in [2.75, 3.05) is 10.2 Å². The van der Waals surface area contributed by atoms with Crippen molar-refractivity contribution in [1.82, 2.24) is 0 Å². The van der Waals surface area contributed by atoms with Crippen molar-refractivity contribution in [3.63, 3.8) is 0 Å². The molecule has 0 spiro atoms. The van der Waals surface area contributed by atoms with E-state index in [1.807, 2.05) is 72.8 Å². The van der Waals surface area contributed by atoms with Crippen LogP contribution < -0.4 is 10.2 Å². The lowest BCUT2D eigenvalue weighted by atomic mass is 10.3. The maximum absolute atomic E-state index is 13.0. The zero-order valence-electron chi connectivity index (χ0n) is 15.9. The molecule has 0 bridgehead atoms. The van der Waals surface area contributed by atoms with E-state index in [0.717, 1.165) is 15.8 Å². The summed E-state index contributed by atoms with van der Waals surface area (Å²) >= 11 is 4.65. The van der Waals surface area contributed by atoms with Gasteiger partial charge < -0.3 is 5.32 Å². The normalized spacial score (nSPS) is 16.8. The van der Waals surface area contributed by atoms with Gasteiger partial charge in [-0.1, -0.05) is 64.1 Å². The van der Waals surface area contributed by atoms with Crippen LogP contribution in [0.2, 0.25) is 0 Å². The number of imide groups is 1. The first kappa shape index (κ1) is 20.4. The fraction of sp³-hybridized carbons (Fsp3) is 0.0870. The highest BCUT2D eigenvalue weighted by Crippen LogP contribution is 2.32. The highest BCUT2D eigenvalue weighted by molar-refractivity contribution is 9.10. The van der Waals surface area contributed by atoms with Gasteiger partial charge in [-0.25, -0.2) is 9.89 Å². The molecule has 1 aliphatic heterocycles. The minimum absolute atomic E-state index is 0.129. The molecule has 1 heterocycles. The topological polar surface area (TPSA) is 61.8 Å². The van der Waals surface area contributed by atoms with E-state index in [0.29, 0.717) is 10.9 Å². The van der Waals surface area contributed by atoms with Crippen molar-refractivity contribution in [3.05, 3.63) is 89.4 Å². The molecule has 150 valence electrons. The average molecular weight is 480 g/mol. The van der Waals surface area contributed by atoms with E-state index in [1.54, 1.807) is 12.1 Å². The zero-order chi connectivity index (χ0) is 20.9. The molecule has 30 heavy (non-hydrogen) atoms. The van der Waals surface area contributed by atoms with Gasteiger partial charge in [0, 0.05) is 16.6 Å². The second kappa shape index (κ2) is 9.28. The van der Waals surface area contributed by atoms with Crippen LogP contribution in [0.4, 0.5) is 17.1 Å². The Morgan fingerprint density at radius 3 is 2.23 bits per heavy atom. The third-order valence-corrected chi connectivity index (χ3v) is 6.05. The number of hydrogen-bond acceptors (Lipinski definition) is 4. The molecule has 1 aliphatic rings. The van der Waals surface area contributed by atoms with Crippen molar-refractivity contribution in [3.8, 4) is 0 Å². The summed E-state index contributed by atoms with van der Waals surface area (Å²) in [5.41, 5.74) is 2.21. The first-order chi connectivity index (χ1) is 14.6. The van der Waals surface area contributed by atoms with Gasteiger partial charge in [0.2, 0.25) is 11.8 Å². The maximum Gasteiger partial charge on any atom is 0.247 e. The number of hydrogen-bond donors (Lipinski definition) is 1. The number of amides is 2.